The van der Waals surface area contributed by atoms with Crippen molar-refractivity contribution in [2.45, 2.75) is 46.1 Å². The largest absolute Gasteiger partial charge is 0.335 e. The van der Waals surface area contributed by atoms with E-state index in [9.17, 15) is 14.4 Å². The smallest absolute Gasteiger partial charge is 0.315 e. The molecule has 1 aliphatic carbocycles. The Balaban J connectivity index is 1.92. The van der Waals surface area contributed by atoms with E-state index >= 15 is 0 Å². The number of rotatable bonds is 6. The van der Waals surface area contributed by atoms with Crippen LogP contribution < -0.4 is 10.6 Å². The lowest BCUT2D eigenvalue weighted by molar-refractivity contribution is 0.0804. The molecule has 1 aromatic rings. The minimum absolute atomic E-state index is 0.0138. The Morgan fingerprint density at radius 3 is 2.70 bits per heavy atom. The fourth-order valence-electron chi connectivity index (χ4n) is 4.24. The van der Waals surface area contributed by atoms with Gasteiger partial charge in [-0.15, -0.1) is 0 Å². The fourth-order valence-corrected chi connectivity index (χ4v) is 4.43. The van der Waals surface area contributed by atoms with Gasteiger partial charge in [-0.1, -0.05) is 44.5 Å². The first-order valence-electron chi connectivity index (χ1n) is 8.99. The molecule has 146 valence electrons. The van der Waals surface area contributed by atoms with Crippen LogP contribution in [-0.2, 0) is 4.79 Å². The SMILES string of the molecule is CC1(C)CC(NC(=O)NCC(=O)c2cccc(Cl)c2)CC(C)(CN=C=O)C1. The Bertz CT molecular complexity index is 759. The second kappa shape index (κ2) is 8.68. The van der Waals surface area contributed by atoms with Crippen molar-refractivity contribution in [3.63, 3.8) is 0 Å². The predicted octanol–water partition coefficient (Wildman–Crippen LogP) is 3.74. The summed E-state index contributed by atoms with van der Waals surface area (Å²) in [5.41, 5.74) is 0.300. The number of hydrogen-bond acceptors (Lipinski definition) is 4. The van der Waals surface area contributed by atoms with Gasteiger partial charge in [-0.3, -0.25) is 4.79 Å². The van der Waals surface area contributed by atoms with Gasteiger partial charge in [-0.25, -0.2) is 14.6 Å². The molecule has 1 saturated carbocycles. The summed E-state index contributed by atoms with van der Waals surface area (Å²) in [4.78, 5) is 38.7. The van der Waals surface area contributed by atoms with Gasteiger partial charge in [0.25, 0.3) is 0 Å². The number of carbonyl (C=O) groups excluding carboxylic acids is 3. The number of carbonyl (C=O) groups is 2. The van der Waals surface area contributed by atoms with Gasteiger partial charge < -0.3 is 10.6 Å². The van der Waals surface area contributed by atoms with Gasteiger partial charge >= 0.3 is 6.03 Å². The lowest BCUT2D eigenvalue weighted by Crippen LogP contribution is -2.51. The quantitative estimate of drug-likeness (QED) is 0.440. The summed E-state index contributed by atoms with van der Waals surface area (Å²) in [6, 6.07) is 6.19. The molecule has 7 heteroatoms. The normalized spacial score (nSPS) is 23.8. The molecule has 6 nitrogen and oxygen atoms in total. The first-order chi connectivity index (χ1) is 12.6. The van der Waals surface area contributed by atoms with Crippen molar-refractivity contribution in [3.8, 4) is 0 Å². The Hall–Kier alpha value is -2.17. The van der Waals surface area contributed by atoms with Gasteiger partial charge in [0.15, 0.2) is 5.78 Å². The minimum Gasteiger partial charge on any atom is -0.335 e. The summed E-state index contributed by atoms with van der Waals surface area (Å²) in [5, 5.41) is 6.05. The number of aliphatic imine (C=N–C) groups is 1. The molecule has 1 aliphatic rings. The van der Waals surface area contributed by atoms with Gasteiger partial charge in [-0.05, 0) is 42.2 Å². The monoisotopic (exact) mass is 391 g/mol. The van der Waals surface area contributed by atoms with Crippen molar-refractivity contribution < 1.29 is 14.4 Å². The number of urea groups is 1. The molecule has 0 aromatic heterocycles. The zero-order valence-corrected chi connectivity index (χ0v) is 16.7. The summed E-state index contributed by atoms with van der Waals surface area (Å²) >= 11 is 5.89. The zero-order valence-electron chi connectivity index (χ0n) is 16.0. The first-order valence-corrected chi connectivity index (χ1v) is 9.37. The third-order valence-corrected chi connectivity index (χ3v) is 5.10. The molecule has 1 fully saturated rings. The van der Waals surface area contributed by atoms with Crippen molar-refractivity contribution >= 4 is 29.5 Å². The van der Waals surface area contributed by atoms with Crippen LogP contribution in [0.25, 0.3) is 0 Å². The number of nitrogens with zero attached hydrogens (tertiary/aromatic N) is 1. The maximum Gasteiger partial charge on any atom is 0.315 e. The molecule has 2 atom stereocenters. The van der Waals surface area contributed by atoms with Gasteiger partial charge in [-0.2, -0.15) is 0 Å². The van der Waals surface area contributed by atoms with Crippen LogP contribution in [0.4, 0.5) is 4.79 Å². The minimum atomic E-state index is -0.380. The standard InChI is InChI=1S/C20H26ClN3O3/c1-19(2)8-16(9-20(3,11-19)12-22-13-25)24-18(27)23-10-17(26)14-5-4-6-15(21)7-14/h4-7,16H,8-12H2,1-3H3,(H2,23,24,27). The van der Waals surface area contributed by atoms with E-state index in [1.165, 1.54) is 0 Å². The van der Waals surface area contributed by atoms with Crippen LogP contribution in [0.2, 0.25) is 5.02 Å². The van der Waals surface area contributed by atoms with E-state index in [1.807, 2.05) is 0 Å². The molecule has 27 heavy (non-hydrogen) atoms. The van der Waals surface area contributed by atoms with Gasteiger partial charge in [0, 0.05) is 16.6 Å². The van der Waals surface area contributed by atoms with E-state index < -0.39 is 0 Å². The number of Topliss-reactive ketones (excluding diaryl/α,β-unsaturated/α-hetero) is 1. The van der Waals surface area contributed by atoms with Crippen LogP contribution in [0, 0.1) is 10.8 Å². The van der Waals surface area contributed by atoms with Crippen LogP contribution in [0.15, 0.2) is 29.3 Å². The van der Waals surface area contributed by atoms with Crippen molar-refractivity contribution in [1.82, 2.24) is 10.6 Å². The van der Waals surface area contributed by atoms with E-state index in [-0.39, 0.29) is 35.2 Å². The van der Waals surface area contributed by atoms with Gasteiger partial charge in [0.1, 0.15) is 0 Å². The van der Waals surface area contributed by atoms with Crippen molar-refractivity contribution in [2.75, 3.05) is 13.1 Å². The zero-order chi connectivity index (χ0) is 20.1. The molecule has 0 bridgehead atoms. The summed E-state index contributed by atoms with van der Waals surface area (Å²) < 4.78 is 0. The predicted molar refractivity (Wildman–Crippen MR) is 105 cm³/mol. The highest BCUT2D eigenvalue weighted by atomic mass is 35.5. The Morgan fingerprint density at radius 1 is 1.30 bits per heavy atom. The molecule has 2 amide bonds. The number of halogens is 1. The Morgan fingerprint density at radius 2 is 2.04 bits per heavy atom. The van der Waals surface area contributed by atoms with Crippen molar-refractivity contribution in [3.05, 3.63) is 34.9 Å². The number of nitrogens with one attached hydrogen (secondary N) is 2. The van der Waals surface area contributed by atoms with E-state index in [0.717, 1.165) is 19.3 Å². The Kier molecular flexibility index (Phi) is 6.79. The molecule has 0 saturated heterocycles. The third-order valence-electron chi connectivity index (χ3n) is 4.86. The molecule has 0 aliphatic heterocycles. The van der Waals surface area contributed by atoms with E-state index in [0.29, 0.717) is 17.1 Å². The molecule has 0 heterocycles. The Labute approximate surface area is 164 Å². The maximum atomic E-state index is 12.3. The number of ketones is 1. The second-order valence-corrected chi connectivity index (χ2v) is 8.86. The maximum absolute atomic E-state index is 12.3. The van der Waals surface area contributed by atoms with Gasteiger partial charge in [0.2, 0.25) is 6.08 Å². The highest BCUT2D eigenvalue weighted by Crippen LogP contribution is 2.46. The molecular weight excluding hydrogens is 366 g/mol. The van der Waals surface area contributed by atoms with E-state index in [2.05, 4.69) is 36.4 Å². The number of isocyanates is 1. The highest BCUT2D eigenvalue weighted by molar-refractivity contribution is 6.31. The van der Waals surface area contributed by atoms with E-state index in [1.54, 1.807) is 30.3 Å². The highest BCUT2D eigenvalue weighted by Gasteiger charge is 2.41. The van der Waals surface area contributed by atoms with Gasteiger partial charge in [0.05, 0.1) is 13.1 Å². The lowest BCUT2D eigenvalue weighted by atomic mass is 9.62. The second-order valence-electron chi connectivity index (χ2n) is 8.42. The number of hydrogen-bond donors (Lipinski definition) is 2. The molecule has 0 radical (unpaired) electrons. The molecule has 2 rings (SSSR count). The third kappa shape index (κ3) is 6.49. The molecule has 0 spiro atoms. The molecule has 2 N–H and O–H groups in total. The number of amides is 2. The lowest BCUT2D eigenvalue weighted by Gasteiger charge is -2.46. The average molecular weight is 392 g/mol. The first kappa shape index (κ1) is 21.1. The fraction of sp³-hybridized carbons (Fsp3) is 0.550. The number of benzene rings is 1. The van der Waals surface area contributed by atoms with Crippen LogP contribution in [-0.4, -0.2) is 37.0 Å². The summed E-state index contributed by atoms with van der Waals surface area (Å²) in [7, 11) is 0. The molecular formula is C20H26ClN3O3. The van der Waals surface area contributed by atoms with E-state index in [4.69, 9.17) is 11.6 Å². The summed E-state index contributed by atoms with van der Waals surface area (Å²) in [5.74, 6) is -0.207. The summed E-state index contributed by atoms with van der Waals surface area (Å²) in [6.45, 7) is 6.65. The van der Waals surface area contributed by atoms with Crippen molar-refractivity contribution in [2.24, 2.45) is 15.8 Å². The average Bonchev–Trinajstić information content (AvgIpc) is 2.56. The van der Waals surface area contributed by atoms with Crippen LogP contribution in [0.5, 0.6) is 0 Å². The van der Waals surface area contributed by atoms with Crippen LogP contribution >= 0.6 is 11.6 Å². The molecule has 2 unspecified atom stereocenters. The van der Waals surface area contributed by atoms with Crippen LogP contribution in [0.1, 0.15) is 50.4 Å². The topological polar surface area (TPSA) is 87.6 Å². The van der Waals surface area contributed by atoms with Crippen molar-refractivity contribution in [1.29, 1.82) is 0 Å². The summed E-state index contributed by atoms with van der Waals surface area (Å²) in [6.07, 6.45) is 4.06. The molecule has 1 aromatic carbocycles. The van der Waals surface area contributed by atoms with Crippen LogP contribution in [0.3, 0.4) is 0 Å².